The van der Waals surface area contributed by atoms with Crippen molar-refractivity contribution in [2.75, 3.05) is 23.9 Å². The highest BCUT2D eigenvalue weighted by Gasteiger charge is 2.29. The molecule has 5 nitrogen and oxygen atoms in total. The third-order valence-corrected chi connectivity index (χ3v) is 5.32. The Balaban J connectivity index is 2.22. The van der Waals surface area contributed by atoms with E-state index in [2.05, 4.69) is 30.0 Å². The minimum atomic E-state index is -3.41. The molecule has 1 aromatic rings. The fourth-order valence-corrected chi connectivity index (χ4v) is 4.03. The average molecular weight is 311 g/mol. The number of nitrogens with zero attached hydrogens (tertiary/aromatic N) is 1. The molecule has 1 heterocycles. The standard InChI is InChI=1S/C15H25N3O2S/c1-4-9-17-21(19,20)18-10-8-14-11-13(6-7-15(14)18)12(3)16-5-2/h6-7,11-12,16-17H,4-5,8-10H2,1-3H3. The van der Waals surface area contributed by atoms with Crippen LogP contribution in [0.4, 0.5) is 5.69 Å². The Hall–Kier alpha value is -1.11. The van der Waals surface area contributed by atoms with Crippen LogP contribution in [0.1, 0.15) is 44.4 Å². The molecule has 0 bridgehead atoms. The normalized spacial score (nSPS) is 16.0. The summed E-state index contributed by atoms with van der Waals surface area (Å²) in [5.41, 5.74) is 3.13. The maximum atomic E-state index is 12.3. The predicted octanol–water partition coefficient (Wildman–Crippen LogP) is 1.96. The summed E-state index contributed by atoms with van der Waals surface area (Å²) < 4.78 is 28.7. The molecule has 0 radical (unpaired) electrons. The van der Waals surface area contributed by atoms with Crippen molar-refractivity contribution in [3.63, 3.8) is 0 Å². The van der Waals surface area contributed by atoms with Crippen molar-refractivity contribution >= 4 is 15.9 Å². The zero-order chi connectivity index (χ0) is 15.5. The molecule has 0 spiro atoms. The van der Waals surface area contributed by atoms with E-state index in [1.165, 1.54) is 9.87 Å². The van der Waals surface area contributed by atoms with E-state index in [-0.39, 0.29) is 6.04 Å². The van der Waals surface area contributed by atoms with E-state index in [1.807, 2.05) is 19.1 Å². The van der Waals surface area contributed by atoms with Gasteiger partial charge in [0, 0.05) is 19.1 Å². The highest BCUT2D eigenvalue weighted by molar-refractivity contribution is 7.90. The maximum absolute atomic E-state index is 12.3. The van der Waals surface area contributed by atoms with Crippen LogP contribution in [-0.4, -0.2) is 28.1 Å². The summed E-state index contributed by atoms with van der Waals surface area (Å²) in [5.74, 6) is 0. The zero-order valence-corrected chi connectivity index (χ0v) is 13.8. The van der Waals surface area contributed by atoms with E-state index in [1.54, 1.807) is 0 Å². The van der Waals surface area contributed by atoms with Gasteiger partial charge in [-0.3, -0.25) is 4.31 Å². The lowest BCUT2D eigenvalue weighted by Gasteiger charge is -2.20. The van der Waals surface area contributed by atoms with Crippen LogP contribution in [0.5, 0.6) is 0 Å². The lowest BCUT2D eigenvalue weighted by atomic mass is 10.0. The van der Waals surface area contributed by atoms with Gasteiger partial charge in [-0.25, -0.2) is 0 Å². The van der Waals surface area contributed by atoms with Crippen LogP contribution in [0.3, 0.4) is 0 Å². The second-order valence-electron chi connectivity index (χ2n) is 5.39. The highest BCUT2D eigenvalue weighted by atomic mass is 32.2. The van der Waals surface area contributed by atoms with Crippen molar-refractivity contribution < 1.29 is 8.42 Å². The Morgan fingerprint density at radius 2 is 2.10 bits per heavy atom. The number of nitrogens with one attached hydrogen (secondary N) is 2. The van der Waals surface area contributed by atoms with Crippen LogP contribution in [-0.2, 0) is 16.6 Å². The smallest absolute Gasteiger partial charge is 0.301 e. The Bertz CT molecular complexity index is 587. The number of fused-ring (bicyclic) bond motifs is 1. The van der Waals surface area contributed by atoms with Gasteiger partial charge in [0.25, 0.3) is 0 Å². The Labute approximate surface area is 127 Å². The summed E-state index contributed by atoms with van der Waals surface area (Å²) in [7, 11) is -3.41. The van der Waals surface area contributed by atoms with E-state index in [0.717, 1.165) is 30.6 Å². The van der Waals surface area contributed by atoms with Crippen molar-refractivity contribution in [1.82, 2.24) is 10.0 Å². The zero-order valence-electron chi connectivity index (χ0n) is 13.0. The SMILES string of the molecule is CCCNS(=O)(=O)N1CCc2cc(C(C)NCC)ccc21. The summed E-state index contributed by atoms with van der Waals surface area (Å²) in [4.78, 5) is 0. The van der Waals surface area contributed by atoms with Crippen molar-refractivity contribution in [1.29, 1.82) is 0 Å². The van der Waals surface area contributed by atoms with Gasteiger partial charge in [-0.05, 0) is 43.5 Å². The van der Waals surface area contributed by atoms with E-state index >= 15 is 0 Å². The molecule has 118 valence electrons. The van der Waals surface area contributed by atoms with Crippen LogP contribution in [0, 0.1) is 0 Å². The second kappa shape index (κ2) is 6.77. The molecule has 1 aliphatic heterocycles. The minimum absolute atomic E-state index is 0.282. The van der Waals surface area contributed by atoms with E-state index in [9.17, 15) is 8.42 Å². The number of hydrogen-bond acceptors (Lipinski definition) is 3. The van der Waals surface area contributed by atoms with Crippen LogP contribution in [0.15, 0.2) is 18.2 Å². The largest absolute Gasteiger partial charge is 0.310 e. The van der Waals surface area contributed by atoms with Gasteiger partial charge in [-0.2, -0.15) is 13.1 Å². The molecule has 2 N–H and O–H groups in total. The first kappa shape index (κ1) is 16.3. The lowest BCUT2D eigenvalue weighted by molar-refractivity contribution is 0.577. The third-order valence-electron chi connectivity index (χ3n) is 3.79. The van der Waals surface area contributed by atoms with Crippen molar-refractivity contribution in [2.24, 2.45) is 0 Å². The van der Waals surface area contributed by atoms with Gasteiger partial charge in [0.1, 0.15) is 0 Å². The van der Waals surface area contributed by atoms with Crippen molar-refractivity contribution in [3.05, 3.63) is 29.3 Å². The van der Waals surface area contributed by atoms with E-state index < -0.39 is 10.2 Å². The Morgan fingerprint density at radius 3 is 2.76 bits per heavy atom. The molecule has 1 atom stereocenters. The highest BCUT2D eigenvalue weighted by Crippen LogP contribution is 2.32. The molecule has 1 unspecified atom stereocenters. The molecular formula is C15H25N3O2S. The van der Waals surface area contributed by atoms with Gasteiger partial charge in [-0.15, -0.1) is 0 Å². The number of anilines is 1. The van der Waals surface area contributed by atoms with E-state index in [4.69, 9.17) is 0 Å². The fraction of sp³-hybridized carbons (Fsp3) is 0.600. The molecule has 0 saturated carbocycles. The van der Waals surface area contributed by atoms with Gasteiger partial charge in [0.05, 0.1) is 5.69 Å². The Kier molecular flexibility index (Phi) is 5.24. The predicted molar refractivity (Wildman–Crippen MR) is 86.8 cm³/mol. The average Bonchev–Trinajstić information content (AvgIpc) is 2.89. The summed E-state index contributed by atoms with van der Waals surface area (Å²) in [6.45, 7) is 8.07. The van der Waals surface area contributed by atoms with E-state index in [0.29, 0.717) is 13.1 Å². The van der Waals surface area contributed by atoms with Gasteiger partial charge in [0.2, 0.25) is 0 Å². The van der Waals surface area contributed by atoms with Crippen molar-refractivity contribution in [3.8, 4) is 0 Å². The van der Waals surface area contributed by atoms with Crippen LogP contribution in [0.25, 0.3) is 0 Å². The molecule has 1 aliphatic rings. The van der Waals surface area contributed by atoms with Gasteiger partial charge < -0.3 is 5.32 Å². The maximum Gasteiger partial charge on any atom is 0.301 e. The minimum Gasteiger partial charge on any atom is -0.310 e. The molecule has 2 rings (SSSR count). The summed E-state index contributed by atoms with van der Waals surface area (Å²) in [5, 5.41) is 3.38. The molecular weight excluding hydrogens is 286 g/mol. The van der Waals surface area contributed by atoms with Crippen LogP contribution >= 0.6 is 0 Å². The summed E-state index contributed by atoms with van der Waals surface area (Å²) >= 11 is 0. The topological polar surface area (TPSA) is 61.4 Å². The summed E-state index contributed by atoms with van der Waals surface area (Å²) in [6, 6.07) is 6.35. The molecule has 0 fully saturated rings. The first-order valence-corrected chi connectivity index (χ1v) is 9.07. The van der Waals surface area contributed by atoms with Gasteiger partial charge >= 0.3 is 10.2 Å². The van der Waals surface area contributed by atoms with Crippen LogP contribution in [0.2, 0.25) is 0 Å². The van der Waals surface area contributed by atoms with Gasteiger partial charge in [-0.1, -0.05) is 26.0 Å². The summed E-state index contributed by atoms with van der Waals surface area (Å²) in [6.07, 6.45) is 1.56. The second-order valence-corrected chi connectivity index (χ2v) is 7.07. The molecule has 0 aliphatic carbocycles. The van der Waals surface area contributed by atoms with Gasteiger partial charge in [0.15, 0.2) is 0 Å². The fourth-order valence-electron chi connectivity index (χ4n) is 2.64. The third kappa shape index (κ3) is 3.56. The number of hydrogen-bond donors (Lipinski definition) is 2. The molecule has 21 heavy (non-hydrogen) atoms. The molecule has 1 aromatic carbocycles. The molecule has 0 amide bonds. The number of rotatable bonds is 7. The molecule has 0 aromatic heterocycles. The first-order chi connectivity index (χ1) is 9.99. The van der Waals surface area contributed by atoms with Crippen molar-refractivity contribution in [2.45, 2.75) is 39.7 Å². The number of benzene rings is 1. The molecule has 6 heteroatoms. The molecule has 0 saturated heterocycles. The van der Waals surface area contributed by atoms with Crippen LogP contribution < -0.4 is 14.3 Å². The lowest BCUT2D eigenvalue weighted by Crippen LogP contribution is -2.40. The quantitative estimate of drug-likeness (QED) is 0.809. The monoisotopic (exact) mass is 311 g/mol. The Morgan fingerprint density at radius 1 is 1.33 bits per heavy atom. The first-order valence-electron chi connectivity index (χ1n) is 7.63.